The zero-order chi connectivity index (χ0) is 30.5. The smallest absolute Gasteiger partial charge is 0.330 e. The van der Waals surface area contributed by atoms with Gasteiger partial charge in [0.2, 0.25) is 5.91 Å². The van der Waals surface area contributed by atoms with Crippen LogP contribution in [-0.4, -0.2) is 98.4 Å². The largest absolute Gasteiger partial charge is 0.508 e. The van der Waals surface area contributed by atoms with Gasteiger partial charge in [-0.25, -0.2) is 4.79 Å². The van der Waals surface area contributed by atoms with E-state index in [9.17, 15) is 44.7 Å². The van der Waals surface area contributed by atoms with Crippen LogP contribution in [-0.2, 0) is 19.1 Å². The molecule has 12 heteroatoms. The summed E-state index contributed by atoms with van der Waals surface area (Å²) in [4.78, 5) is 53.0. The molecule has 0 saturated heterocycles. The predicted octanol–water partition coefficient (Wildman–Crippen LogP) is 0.174. The zero-order valence-corrected chi connectivity index (χ0v) is 23.3. The maximum absolute atomic E-state index is 13.9. The van der Waals surface area contributed by atoms with E-state index in [-0.39, 0.29) is 17.7 Å². The number of hydrogen-bond donors (Lipinski definition) is 6. The molecule has 0 radical (unpaired) electrons. The van der Waals surface area contributed by atoms with Crippen LogP contribution in [0.4, 0.5) is 0 Å². The summed E-state index contributed by atoms with van der Waals surface area (Å²) in [5.74, 6) is -11.0. The molecule has 1 saturated carbocycles. The molecule has 3 aliphatic carbocycles. The monoisotopic (exact) mass is 572 g/mol. The van der Waals surface area contributed by atoms with Crippen LogP contribution in [0.15, 0.2) is 29.5 Å². The van der Waals surface area contributed by atoms with Gasteiger partial charge in [0.15, 0.2) is 17.2 Å². The number of benzene rings is 1. The molecule has 3 aliphatic rings. The highest BCUT2D eigenvalue weighted by molar-refractivity contribution is 6.16. The van der Waals surface area contributed by atoms with Crippen molar-refractivity contribution in [1.82, 2.24) is 4.90 Å². The molecule has 12 nitrogen and oxygen atoms in total. The van der Waals surface area contributed by atoms with Gasteiger partial charge in [-0.05, 0) is 38.1 Å². The SMILES string of the molecule is CCCCOC(=O)/C=C/c1ccc2c(c1O)C(=O)C1=C(O)[C@]3(O)C(=O)C(C(N)=O)C(O)[C@@H](N(C)C)[C@@H]3[C@@H](O)[C@@H]1[C@H]2C. The normalized spacial score (nSPS) is 33.0. The van der Waals surface area contributed by atoms with E-state index in [2.05, 4.69) is 0 Å². The number of aliphatic hydroxyl groups is 4. The number of aliphatic hydroxyl groups excluding tert-OH is 3. The summed E-state index contributed by atoms with van der Waals surface area (Å²) in [6.45, 7) is 3.82. The van der Waals surface area contributed by atoms with Crippen molar-refractivity contribution in [3.8, 4) is 5.75 Å². The quantitative estimate of drug-likeness (QED) is 0.112. The molecule has 0 heterocycles. The Morgan fingerprint density at radius 3 is 2.39 bits per heavy atom. The number of ketones is 2. The fourth-order valence-electron chi connectivity index (χ4n) is 6.65. The van der Waals surface area contributed by atoms with Crippen LogP contribution in [0.25, 0.3) is 6.08 Å². The van der Waals surface area contributed by atoms with Crippen molar-refractivity contribution in [2.45, 2.75) is 56.5 Å². The number of fused-ring (bicyclic) bond motifs is 3. The molecule has 0 spiro atoms. The molecule has 7 N–H and O–H groups in total. The lowest BCUT2D eigenvalue weighted by Crippen LogP contribution is -2.74. The number of hydrogen-bond acceptors (Lipinski definition) is 11. The molecule has 0 aliphatic heterocycles. The number of nitrogens with two attached hydrogens (primary N) is 1. The third-order valence-electron chi connectivity index (χ3n) is 8.67. The van der Waals surface area contributed by atoms with Gasteiger partial charge >= 0.3 is 5.97 Å². The number of ether oxygens (including phenoxy) is 1. The average molecular weight is 573 g/mol. The average Bonchev–Trinajstić information content (AvgIpc) is 2.90. The minimum atomic E-state index is -2.93. The first-order chi connectivity index (χ1) is 19.2. The first-order valence-corrected chi connectivity index (χ1v) is 13.5. The van der Waals surface area contributed by atoms with Gasteiger partial charge < -0.3 is 40.9 Å². The predicted molar refractivity (Wildman–Crippen MR) is 145 cm³/mol. The maximum Gasteiger partial charge on any atom is 0.330 e. The van der Waals surface area contributed by atoms with E-state index < -0.39 is 88.0 Å². The van der Waals surface area contributed by atoms with Crippen molar-refractivity contribution in [3.63, 3.8) is 0 Å². The van der Waals surface area contributed by atoms with Crippen LogP contribution >= 0.6 is 0 Å². The molecular formula is C29H36N2O10. The van der Waals surface area contributed by atoms with E-state index in [1.54, 1.807) is 13.0 Å². The number of rotatable bonds is 7. The maximum atomic E-state index is 13.9. The van der Waals surface area contributed by atoms with E-state index in [1.165, 1.54) is 31.1 Å². The highest BCUT2D eigenvalue weighted by atomic mass is 16.5. The summed E-state index contributed by atoms with van der Waals surface area (Å²) in [6.07, 6.45) is 0.541. The number of nitrogens with zero attached hydrogens (tertiary/aromatic N) is 1. The Morgan fingerprint density at radius 2 is 1.80 bits per heavy atom. The molecule has 1 aromatic rings. The molecular weight excluding hydrogens is 536 g/mol. The van der Waals surface area contributed by atoms with Crippen LogP contribution in [0, 0.1) is 17.8 Å². The molecule has 0 bridgehead atoms. The Balaban J connectivity index is 1.85. The number of esters is 1. The van der Waals surface area contributed by atoms with Gasteiger partial charge in [-0.1, -0.05) is 32.4 Å². The molecule has 1 fully saturated rings. The number of phenolic OH excluding ortho intramolecular Hbond substituents is 1. The van der Waals surface area contributed by atoms with Crippen LogP contribution < -0.4 is 5.73 Å². The molecule has 4 rings (SSSR count). The van der Waals surface area contributed by atoms with E-state index >= 15 is 0 Å². The molecule has 1 aromatic carbocycles. The van der Waals surface area contributed by atoms with Crippen molar-refractivity contribution in [3.05, 3.63) is 46.2 Å². The van der Waals surface area contributed by atoms with E-state index in [1.807, 2.05) is 6.92 Å². The van der Waals surface area contributed by atoms with Crippen molar-refractivity contribution in [1.29, 1.82) is 0 Å². The van der Waals surface area contributed by atoms with Crippen LogP contribution in [0.3, 0.4) is 0 Å². The van der Waals surface area contributed by atoms with Gasteiger partial charge in [-0.3, -0.25) is 14.4 Å². The number of carbonyl (C=O) groups is 4. The lowest BCUT2D eigenvalue weighted by molar-refractivity contribution is -0.194. The number of likely N-dealkylation sites (N-methyl/N-ethyl adjacent to an activating group) is 1. The summed E-state index contributed by atoms with van der Waals surface area (Å²) in [5.41, 5.74) is 2.17. The standard InChI is InChI=1S/C29H36N2O10/c1-5-6-11-41-15(32)10-8-13-7-9-14-12(2)16-18(23(34)17(14)22(13)33)26(37)29(40)20(24(16)35)21(31(3)4)25(36)19(27(29)38)28(30)39/h7-10,12,16,19-21,24-25,33,35-37,40H,5-6,11H2,1-4H3,(H2,30,39)/b10-8+/t12-,16+,19?,20+,21-,24-,25?,29-/m0/s1. The first kappa shape index (κ1) is 30.4. The van der Waals surface area contributed by atoms with E-state index in [4.69, 9.17) is 10.5 Å². The lowest BCUT2D eigenvalue weighted by atomic mass is 9.53. The first-order valence-electron chi connectivity index (χ1n) is 13.5. The summed E-state index contributed by atoms with van der Waals surface area (Å²) in [6, 6.07) is 1.83. The Labute approximate surface area is 236 Å². The van der Waals surface area contributed by atoms with Crippen LogP contribution in [0.5, 0.6) is 5.75 Å². The summed E-state index contributed by atoms with van der Waals surface area (Å²) < 4.78 is 5.06. The lowest BCUT2D eigenvalue weighted by Gasteiger charge is -2.56. The van der Waals surface area contributed by atoms with Gasteiger partial charge in [0.05, 0.1) is 24.4 Å². The second-order valence-corrected chi connectivity index (χ2v) is 11.2. The van der Waals surface area contributed by atoms with Gasteiger partial charge in [0, 0.05) is 35.1 Å². The van der Waals surface area contributed by atoms with Crippen molar-refractivity contribution in [2.75, 3.05) is 20.7 Å². The second kappa shape index (κ2) is 11.0. The Morgan fingerprint density at radius 1 is 1.15 bits per heavy atom. The number of Topliss-reactive ketones (excluding diaryl/α,β-unsaturated/α-hetero) is 2. The van der Waals surface area contributed by atoms with E-state index in [0.717, 1.165) is 12.5 Å². The van der Waals surface area contributed by atoms with E-state index in [0.29, 0.717) is 12.0 Å². The molecule has 0 aromatic heterocycles. The van der Waals surface area contributed by atoms with Gasteiger partial charge in [-0.2, -0.15) is 0 Å². The number of carbonyl (C=O) groups excluding carboxylic acids is 4. The number of primary amides is 1. The topological polar surface area (TPSA) is 208 Å². The number of phenols is 1. The van der Waals surface area contributed by atoms with Gasteiger partial charge in [0.25, 0.3) is 0 Å². The highest BCUT2D eigenvalue weighted by Gasteiger charge is 2.69. The zero-order valence-electron chi connectivity index (χ0n) is 23.3. The van der Waals surface area contributed by atoms with Gasteiger partial charge in [-0.15, -0.1) is 0 Å². The fraction of sp³-hybridized carbons (Fsp3) is 0.517. The minimum absolute atomic E-state index is 0.0987. The van der Waals surface area contributed by atoms with Crippen LogP contribution in [0.1, 0.15) is 54.1 Å². The molecule has 1 amide bonds. The fourth-order valence-corrected chi connectivity index (χ4v) is 6.65. The third-order valence-corrected chi connectivity index (χ3v) is 8.67. The number of unbranched alkanes of at least 4 members (excludes halogenated alkanes) is 1. The van der Waals surface area contributed by atoms with Crippen LogP contribution in [0.2, 0.25) is 0 Å². The summed E-state index contributed by atoms with van der Waals surface area (Å²) >= 11 is 0. The highest BCUT2D eigenvalue weighted by Crippen LogP contribution is 2.55. The van der Waals surface area contributed by atoms with Gasteiger partial charge in [0.1, 0.15) is 17.4 Å². The second-order valence-electron chi connectivity index (χ2n) is 11.2. The Hall–Kier alpha value is -3.58. The molecule has 8 atom stereocenters. The molecule has 41 heavy (non-hydrogen) atoms. The Kier molecular flexibility index (Phi) is 8.16. The number of amides is 1. The number of aromatic hydroxyl groups is 1. The molecule has 2 unspecified atom stereocenters. The third kappa shape index (κ3) is 4.55. The summed E-state index contributed by atoms with van der Waals surface area (Å²) in [5, 5.41) is 56.9. The molecule has 222 valence electrons. The van der Waals surface area contributed by atoms with Crippen molar-refractivity contribution in [2.24, 2.45) is 23.5 Å². The Bertz CT molecular complexity index is 1350. The summed E-state index contributed by atoms with van der Waals surface area (Å²) in [7, 11) is 3.01. The van der Waals surface area contributed by atoms with Crippen molar-refractivity contribution >= 4 is 29.5 Å². The minimum Gasteiger partial charge on any atom is -0.508 e. The van der Waals surface area contributed by atoms with Crippen molar-refractivity contribution < 1.29 is 49.4 Å².